The van der Waals surface area contributed by atoms with Crippen LogP contribution in [-0.2, 0) is 28.5 Å². The van der Waals surface area contributed by atoms with E-state index in [4.69, 9.17) is 36.3 Å². The first kappa shape index (κ1) is 16.2. The molecule has 1 rings (SSSR count). The van der Waals surface area contributed by atoms with E-state index in [-0.39, 0.29) is 6.61 Å². The van der Waals surface area contributed by atoms with Gasteiger partial charge in [0.2, 0.25) is 0 Å². The molecule has 1 aliphatic heterocycles. The predicted octanol–water partition coefficient (Wildman–Crippen LogP) is -0.213. The maximum atomic E-state index is 11.1. The average Bonchev–Trinajstić information content (AvgIpc) is 2.30. The van der Waals surface area contributed by atoms with Crippen LogP contribution >= 0.6 is 11.6 Å². The van der Waals surface area contributed by atoms with Crippen molar-refractivity contribution in [1.29, 1.82) is 0 Å². The van der Waals surface area contributed by atoms with Crippen LogP contribution in [0.25, 0.3) is 0 Å². The molecule has 0 aromatic heterocycles. The lowest BCUT2D eigenvalue weighted by molar-refractivity contribution is -0.197. The molecule has 5 atom stereocenters. The highest BCUT2D eigenvalue weighted by atomic mass is 35.5. The normalized spacial score (nSPS) is 34.7. The van der Waals surface area contributed by atoms with Crippen molar-refractivity contribution in [3.8, 4) is 0 Å². The fraction of sp³-hybridized carbons (Fsp3) is 0.818. The Bertz CT molecular complexity index is 339. The third-order valence-electron chi connectivity index (χ3n) is 2.71. The van der Waals surface area contributed by atoms with E-state index in [9.17, 15) is 9.59 Å². The zero-order valence-electron chi connectivity index (χ0n) is 11.0. The maximum Gasteiger partial charge on any atom is 0.303 e. The summed E-state index contributed by atoms with van der Waals surface area (Å²) in [7, 11) is 1.43. The van der Waals surface area contributed by atoms with Crippen molar-refractivity contribution in [2.45, 2.75) is 43.8 Å². The van der Waals surface area contributed by atoms with Gasteiger partial charge in [-0.05, 0) is 0 Å². The Morgan fingerprint density at radius 3 is 2.37 bits per heavy atom. The Morgan fingerprint density at radius 2 is 1.89 bits per heavy atom. The number of carbonyl (C=O) groups excluding carboxylic acids is 2. The summed E-state index contributed by atoms with van der Waals surface area (Å²) in [5.41, 5.74) is 5.15. The van der Waals surface area contributed by atoms with Gasteiger partial charge in [-0.15, -0.1) is 0 Å². The van der Waals surface area contributed by atoms with E-state index in [2.05, 4.69) is 0 Å². The topological polar surface area (TPSA) is 97.1 Å². The summed E-state index contributed by atoms with van der Waals surface area (Å²) in [4.78, 5) is 21.9. The number of hydrogen-bond donors (Lipinski definition) is 1. The lowest BCUT2D eigenvalue weighted by atomic mass is 9.98. The second kappa shape index (κ2) is 7.04. The predicted molar refractivity (Wildman–Crippen MR) is 65.5 cm³/mol. The van der Waals surface area contributed by atoms with Crippen LogP contribution in [-0.4, -0.2) is 55.6 Å². The summed E-state index contributed by atoms with van der Waals surface area (Å²) < 4.78 is 20.5. The lowest BCUT2D eigenvalue weighted by Gasteiger charge is -2.41. The molecular weight excluding hydrogens is 278 g/mol. The molecule has 8 heteroatoms. The Labute approximate surface area is 116 Å². The van der Waals surface area contributed by atoms with Crippen LogP contribution in [0.1, 0.15) is 13.8 Å². The Kier molecular flexibility index (Phi) is 5.99. The number of ether oxygens (including phenoxy) is 4. The van der Waals surface area contributed by atoms with Gasteiger partial charge in [-0.2, -0.15) is 0 Å². The third-order valence-corrected chi connectivity index (χ3v) is 3.06. The number of halogens is 1. The van der Waals surface area contributed by atoms with Crippen molar-refractivity contribution < 1.29 is 28.5 Å². The number of carbonyl (C=O) groups is 2. The molecule has 1 aliphatic rings. The second-order valence-electron chi connectivity index (χ2n) is 4.18. The summed E-state index contributed by atoms with van der Waals surface area (Å²) in [6.07, 6.45) is -2.15. The number of rotatable bonds is 4. The summed E-state index contributed by atoms with van der Waals surface area (Å²) in [5, 5.41) is 0. The van der Waals surface area contributed by atoms with Crippen LogP contribution < -0.4 is 5.73 Å². The Balaban J connectivity index is 2.80. The monoisotopic (exact) mass is 295 g/mol. The average molecular weight is 296 g/mol. The number of nitrogens with two attached hydrogens (primary N) is 1. The van der Waals surface area contributed by atoms with Crippen LogP contribution in [0.4, 0.5) is 0 Å². The van der Waals surface area contributed by atoms with E-state index in [0.29, 0.717) is 0 Å². The molecule has 0 saturated carbocycles. The van der Waals surface area contributed by atoms with Crippen molar-refractivity contribution in [3.05, 3.63) is 0 Å². The second-order valence-corrected chi connectivity index (χ2v) is 4.61. The van der Waals surface area contributed by atoms with E-state index >= 15 is 0 Å². The smallest absolute Gasteiger partial charge is 0.303 e. The summed E-state index contributed by atoms with van der Waals surface area (Å²) in [5.74, 6) is -0.988. The van der Waals surface area contributed by atoms with Gasteiger partial charge >= 0.3 is 11.9 Å². The van der Waals surface area contributed by atoms with Gasteiger partial charge in [0.25, 0.3) is 0 Å². The number of esters is 2. The summed E-state index contributed by atoms with van der Waals surface area (Å²) >= 11 is 5.98. The molecule has 0 bridgehead atoms. The van der Waals surface area contributed by atoms with Crippen LogP contribution in [0.3, 0.4) is 0 Å². The van der Waals surface area contributed by atoms with Gasteiger partial charge in [-0.3, -0.25) is 9.59 Å². The Hall–Kier alpha value is -0.890. The van der Waals surface area contributed by atoms with Crippen molar-refractivity contribution in [2.75, 3.05) is 13.7 Å². The van der Waals surface area contributed by atoms with Crippen molar-refractivity contribution in [3.63, 3.8) is 0 Å². The molecular formula is C11H18ClNO6. The minimum atomic E-state index is -0.813. The molecule has 0 radical (unpaired) electrons. The van der Waals surface area contributed by atoms with Crippen molar-refractivity contribution in [2.24, 2.45) is 5.73 Å². The minimum Gasteiger partial charge on any atom is -0.463 e. The lowest BCUT2D eigenvalue weighted by Crippen LogP contribution is -2.62. The highest BCUT2D eigenvalue weighted by molar-refractivity contribution is 6.20. The molecule has 0 spiro atoms. The fourth-order valence-corrected chi connectivity index (χ4v) is 2.28. The quantitative estimate of drug-likeness (QED) is 0.566. The zero-order chi connectivity index (χ0) is 14.6. The van der Waals surface area contributed by atoms with Crippen LogP contribution in [0, 0.1) is 0 Å². The molecule has 1 saturated heterocycles. The zero-order valence-corrected chi connectivity index (χ0v) is 11.8. The first-order valence-electron chi connectivity index (χ1n) is 5.75. The first-order valence-corrected chi connectivity index (χ1v) is 6.19. The summed E-state index contributed by atoms with van der Waals surface area (Å²) in [6.45, 7) is 2.42. The van der Waals surface area contributed by atoms with Gasteiger partial charge in [0.05, 0.1) is 6.04 Å². The van der Waals surface area contributed by atoms with Gasteiger partial charge in [-0.1, -0.05) is 11.6 Å². The van der Waals surface area contributed by atoms with E-state index in [1.54, 1.807) is 0 Å². The molecule has 1 heterocycles. The van der Waals surface area contributed by atoms with Crippen LogP contribution in [0.2, 0.25) is 0 Å². The van der Waals surface area contributed by atoms with Crippen LogP contribution in [0.15, 0.2) is 0 Å². The van der Waals surface area contributed by atoms with E-state index in [1.165, 1.54) is 21.0 Å². The fourth-order valence-electron chi connectivity index (χ4n) is 1.88. The first-order chi connectivity index (χ1) is 8.86. The number of hydrogen-bond acceptors (Lipinski definition) is 7. The molecule has 2 N–H and O–H groups in total. The van der Waals surface area contributed by atoms with Crippen molar-refractivity contribution in [1.82, 2.24) is 0 Å². The van der Waals surface area contributed by atoms with Gasteiger partial charge < -0.3 is 24.7 Å². The molecule has 0 amide bonds. The van der Waals surface area contributed by atoms with Crippen molar-refractivity contribution >= 4 is 23.5 Å². The third kappa shape index (κ3) is 4.31. The van der Waals surface area contributed by atoms with E-state index < -0.39 is 41.9 Å². The van der Waals surface area contributed by atoms with Gasteiger partial charge in [0.1, 0.15) is 24.9 Å². The minimum absolute atomic E-state index is 0.0966. The number of alkyl halides is 1. The molecule has 1 fully saturated rings. The molecule has 5 unspecified atom stereocenters. The molecule has 0 aromatic carbocycles. The largest absolute Gasteiger partial charge is 0.463 e. The molecule has 19 heavy (non-hydrogen) atoms. The van der Waals surface area contributed by atoms with E-state index in [0.717, 1.165) is 0 Å². The maximum absolute atomic E-state index is 11.1. The summed E-state index contributed by atoms with van der Waals surface area (Å²) in [6, 6.07) is -0.675. The SMILES string of the molecule is COC1C(Cl)OC(COC(C)=O)C(OC(C)=O)C1N. The van der Waals surface area contributed by atoms with E-state index in [1.807, 2.05) is 0 Å². The molecule has 0 aliphatic carbocycles. The van der Waals surface area contributed by atoms with Gasteiger partial charge in [-0.25, -0.2) is 0 Å². The molecule has 0 aromatic rings. The highest BCUT2D eigenvalue weighted by Crippen LogP contribution is 2.26. The van der Waals surface area contributed by atoms with Gasteiger partial charge in [0.15, 0.2) is 5.56 Å². The van der Waals surface area contributed by atoms with Crippen LogP contribution in [0.5, 0.6) is 0 Å². The van der Waals surface area contributed by atoms with Gasteiger partial charge in [0, 0.05) is 21.0 Å². The molecule has 7 nitrogen and oxygen atoms in total. The highest BCUT2D eigenvalue weighted by Gasteiger charge is 2.46. The molecule has 110 valence electrons. The number of methoxy groups -OCH3 is 1. The standard InChI is InChI=1S/C11H18ClNO6/c1-5(14)17-4-7-9(18-6(2)15)8(13)10(16-3)11(12)19-7/h7-11H,4,13H2,1-3H3. The Morgan fingerprint density at radius 1 is 1.26 bits per heavy atom.